The van der Waals surface area contributed by atoms with Crippen molar-refractivity contribution >= 4 is 23.2 Å². The Hall–Kier alpha value is -1.10. The smallest absolute Gasteiger partial charge is 0.238 e. The van der Waals surface area contributed by atoms with Gasteiger partial charge in [-0.15, -0.1) is 0 Å². The first-order valence-corrected chi connectivity index (χ1v) is 8.23. The van der Waals surface area contributed by atoms with Crippen LogP contribution in [-0.2, 0) is 4.79 Å². The van der Waals surface area contributed by atoms with Gasteiger partial charge >= 0.3 is 0 Å². The first-order valence-electron chi connectivity index (χ1n) is 7.85. The average molecular weight is 325 g/mol. The van der Waals surface area contributed by atoms with E-state index in [1.807, 2.05) is 26.0 Å². The van der Waals surface area contributed by atoms with E-state index in [2.05, 4.69) is 10.2 Å². The van der Waals surface area contributed by atoms with Crippen LogP contribution in [0.15, 0.2) is 12.1 Å². The lowest BCUT2D eigenvalue weighted by Crippen LogP contribution is -2.38. The maximum Gasteiger partial charge on any atom is 0.238 e. The van der Waals surface area contributed by atoms with Crippen LogP contribution in [0.25, 0.3) is 0 Å². The van der Waals surface area contributed by atoms with Crippen LogP contribution >= 0.6 is 11.6 Å². The highest BCUT2D eigenvalue weighted by molar-refractivity contribution is 6.34. The second-order valence-corrected chi connectivity index (χ2v) is 6.75. The predicted octanol–water partition coefficient (Wildman–Crippen LogP) is 3.13. The summed E-state index contributed by atoms with van der Waals surface area (Å²) in [6, 6.07) is 4.16. The number of aliphatic hydroxyl groups excluding tert-OH is 1. The number of nitrogens with zero attached hydrogens (tertiary/aromatic N) is 1. The number of likely N-dealkylation sites (tertiary alicyclic amines) is 1. The molecule has 22 heavy (non-hydrogen) atoms. The van der Waals surface area contributed by atoms with Gasteiger partial charge in [-0.1, -0.05) is 17.7 Å². The fourth-order valence-electron chi connectivity index (χ4n) is 3.20. The van der Waals surface area contributed by atoms with Crippen LogP contribution in [0, 0.1) is 13.8 Å². The van der Waals surface area contributed by atoms with Crippen molar-refractivity contribution in [1.29, 1.82) is 0 Å². The molecule has 2 unspecified atom stereocenters. The Morgan fingerprint density at radius 2 is 2.23 bits per heavy atom. The van der Waals surface area contributed by atoms with Crippen molar-refractivity contribution in [2.75, 3.05) is 18.4 Å². The molecule has 2 atom stereocenters. The highest BCUT2D eigenvalue weighted by atomic mass is 35.5. The predicted molar refractivity (Wildman–Crippen MR) is 90.4 cm³/mol. The van der Waals surface area contributed by atoms with Gasteiger partial charge in [-0.2, -0.15) is 0 Å². The number of amides is 1. The lowest BCUT2D eigenvalue weighted by molar-refractivity contribution is -0.117. The first kappa shape index (κ1) is 17.3. The summed E-state index contributed by atoms with van der Waals surface area (Å²) in [7, 11) is 0. The van der Waals surface area contributed by atoms with Gasteiger partial charge in [0, 0.05) is 6.04 Å². The molecule has 2 rings (SSSR count). The molecular formula is C17H25ClN2O2. The Labute approximate surface area is 137 Å². The van der Waals surface area contributed by atoms with E-state index in [4.69, 9.17) is 11.6 Å². The number of aliphatic hydroxyl groups is 1. The van der Waals surface area contributed by atoms with E-state index in [0.29, 0.717) is 23.3 Å². The van der Waals surface area contributed by atoms with Crippen LogP contribution in [0.4, 0.5) is 5.69 Å². The first-order chi connectivity index (χ1) is 10.4. The number of halogens is 1. The topological polar surface area (TPSA) is 52.6 Å². The Morgan fingerprint density at radius 1 is 1.50 bits per heavy atom. The van der Waals surface area contributed by atoms with E-state index < -0.39 is 0 Å². The van der Waals surface area contributed by atoms with Crippen molar-refractivity contribution in [3.05, 3.63) is 28.3 Å². The lowest BCUT2D eigenvalue weighted by atomic mass is 10.1. The van der Waals surface area contributed by atoms with E-state index in [1.54, 1.807) is 6.92 Å². The number of nitrogens with one attached hydrogen (secondary N) is 1. The molecule has 1 aromatic carbocycles. The fraction of sp³-hybridized carbons (Fsp3) is 0.588. The second-order valence-electron chi connectivity index (χ2n) is 6.34. The number of aryl methyl sites for hydroxylation is 2. The van der Waals surface area contributed by atoms with Crippen molar-refractivity contribution < 1.29 is 9.90 Å². The standard InChI is InChI=1S/C17H25ClN2O2/c1-11-7-12(2)17(15(18)8-11)19-16(22)10-20-6-4-5-14(20)9-13(3)21/h7-8,13-14,21H,4-6,9-10H2,1-3H3,(H,19,22). The molecule has 5 heteroatoms. The second kappa shape index (κ2) is 7.44. The largest absolute Gasteiger partial charge is 0.393 e. The highest BCUT2D eigenvalue weighted by Crippen LogP contribution is 2.27. The van der Waals surface area contributed by atoms with Crippen LogP contribution in [0.2, 0.25) is 5.02 Å². The Kier molecular flexibility index (Phi) is 5.84. The number of benzene rings is 1. The third-order valence-corrected chi connectivity index (χ3v) is 4.45. The Bertz CT molecular complexity index is 522. The molecule has 2 N–H and O–H groups in total. The maximum absolute atomic E-state index is 12.3. The minimum absolute atomic E-state index is 0.0497. The van der Waals surface area contributed by atoms with E-state index in [1.165, 1.54) is 0 Å². The molecule has 1 heterocycles. The summed E-state index contributed by atoms with van der Waals surface area (Å²) >= 11 is 6.23. The molecular weight excluding hydrogens is 300 g/mol. The van der Waals surface area contributed by atoms with Crippen molar-refractivity contribution in [2.45, 2.75) is 52.2 Å². The molecule has 1 fully saturated rings. The number of carbonyl (C=O) groups excluding carboxylic acids is 1. The minimum atomic E-state index is -0.331. The van der Waals surface area contributed by atoms with Gasteiger partial charge in [0.25, 0.3) is 0 Å². The molecule has 1 saturated heterocycles. The molecule has 1 aliphatic heterocycles. The number of carbonyl (C=O) groups is 1. The molecule has 4 nitrogen and oxygen atoms in total. The summed E-state index contributed by atoms with van der Waals surface area (Å²) in [5.74, 6) is -0.0497. The van der Waals surface area contributed by atoms with Gasteiger partial charge in [0.15, 0.2) is 0 Å². The molecule has 122 valence electrons. The summed E-state index contributed by atoms with van der Waals surface area (Å²) in [4.78, 5) is 14.5. The quantitative estimate of drug-likeness (QED) is 0.875. The zero-order valence-electron chi connectivity index (χ0n) is 13.5. The van der Waals surface area contributed by atoms with Gasteiger partial charge in [0.1, 0.15) is 0 Å². The Balaban J connectivity index is 1.98. The lowest BCUT2D eigenvalue weighted by Gasteiger charge is -2.25. The summed E-state index contributed by atoms with van der Waals surface area (Å²) in [6.45, 7) is 6.98. The molecule has 1 amide bonds. The zero-order chi connectivity index (χ0) is 16.3. The maximum atomic E-state index is 12.3. The molecule has 0 saturated carbocycles. The van der Waals surface area contributed by atoms with Gasteiger partial charge in [-0.25, -0.2) is 0 Å². The number of anilines is 1. The summed E-state index contributed by atoms with van der Waals surface area (Å²) in [6.07, 6.45) is 2.51. The number of hydrogen-bond acceptors (Lipinski definition) is 3. The van der Waals surface area contributed by atoms with Crippen LogP contribution < -0.4 is 5.32 Å². The van der Waals surface area contributed by atoms with Crippen molar-refractivity contribution in [3.63, 3.8) is 0 Å². The van der Waals surface area contributed by atoms with Gasteiger partial charge in [-0.3, -0.25) is 9.69 Å². The highest BCUT2D eigenvalue weighted by Gasteiger charge is 2.27. The fourth-order valence-corrected chi connectivity index (χ4v) is 3.57. The van der Waals surface area contributed by atoms with Gasteiger partial charge < -0.3 is 10.4 Å². The summed E-state index contributed by atoms with van der Waals surface area (Å²) in [5.41, 5.74) is 2.75. The van der Waals surface area contributed by atoms with Crippen molar-refractivity contribution in [2.24, 2.45) is 0 Å². The molecule has 0 aliphatic carbocycles. The van der Waals surface area contributed by atoms with Gasteiger partial charge in [0.05, 0.1) is 23.4 Å². The number of rotatable bonds is 5. The van der Waals surface area contributed by atoms with Crippen LogP contribution in [0.1, 0.15) is 37.3 Å². The summed E-state index contributed by atoms with van der Waals surface area (Å²) in [5, 5.41) is 13.1. The monoisotopic (exact) mass is 324 g/mol. The molecule has 0 spiro atoms. The molecule has 0 aromatic heterocycles. The van der Waals surface area contributed by atoms with Gasteiger partial charge in [0.2, 0.25) is 5.91 Å². The normalized spacial score (nSPS) is 20.1. The van der Waals surface area contributed by atoms with Crippen LogP contribution in [0.3, 0.4) is 0 Å². The van der Waals surface area contributed by atoms with Crippen molar-refractivity contribution in [3.8, 4) is 0 Å². The molecule has 0 radical (unpaired) electrons. The Morgan fingerprint density at radius 3 is 2.86 bits per heavy atom. The zero-order valence-corrected chi connectivity index (χ0v) is 14.3. The molecule has 0 bridgehead atoms. The molecule has 1 aliphatic rings. The SMILES string of the molecule is Cc1cc(C)c(NC(=O)CN2CCCC2CC(C)O)c(Cl)c1. The van der Waals surface area contributed by atoms with Crippen molar-refractivity contribution in [1.82, 2.24) is 4.90 Å². The van der Waals surface area contributed by atoms with E-state index in [0.717, 1.165) is 36.9 Å². The van der Waals surface area contributed by atoms with E-state index in [9.17, 15) is 9.90 Å². The summed E-state index contributed by atoms with van der Waals surface area (Å²) < 4.78 is 0. The van der Waals surface area contributed by atoms with Gasteiger partial charge in [-0.05, 0) is 63.8 Å². The van der Waals surface area contributed by atoms with E-state index >= 15 is 0 Å². The third kappa shape index (κ3) is 4.45. The van der Waals surface area contributed by atoms with Crippen LogP contribution in [-0.4, -0.2) is 41.1 Å². The van der Waals surface area contributed by atoms with Crippen LogP contribution in [0.5, 0.6) is 0 Å². The number of hydrogen-bond donors (Lipinski definition) is 2. The minimum Gasteiger partial charge on any atom is -0.393 e. The van der Waals surface area contributed by atoms with E-state index in [-0.39, 0.29) is 12.0 Å². The molecule has 1 aromatic rings. The third-order valence-electron chi connectivity index (χ3n) is 4.16. The average Bonchev–Trinajstić information content (AvgIpc) is 2.80.